The summed E-state index contributed by atoms with van der Waals surface area (Å²) in [6, 6.07) is 0. The molecule has 0 radical (unpaired) electrons. The van der Waals surface area contributed by atoms with Crippen LogP contribution >= 0.6 is 0 Å². The van der Waals surface area contributed by atoms with Crippen molar-refractivity contribution in [3.63, 3.8) is 0 Å². The normalized spacial score (nSPS) is 25.9. The van der Waals surface area contributed by atoms with Crippen LogP contribution in [-0.4, -0.2) is 24.0 Å². The molecule has 1 nitrogen and oxygen atoms in total. The molecule has 0 saturated carbocycles. The van der Waals surface area contributed by atoms with Crippen molar-refractivity contribution in [3.8, 4) is 0 Å². The van der Waals surface area contributed by atoms with Crippen LogP contribution in [0.15, 0.2) is 0 Å². The van der Waals surface area contributed by atoms with Crippen LogP contribution in [-0.2, 0) is 0 Å². The molecule has 0 aromatic rings. The topological polar surface area (TPSA) is 3.24 Å². The van der Waals surface area contributed by atoms with Crippen molar-refractivity contribution in [2.75, 3.05) is 13.6 Å². The lowest BCUT2D eigenvalue weighted by Crippen LogP contribution is -2.37. The van der Waals surface area contributed by atoms with Crippen LogP contribution in [0.4, 0.5) is 0 Å². The highest BCUT2D eigenvalue weighted by Crippen LogP contribution is 2.30. The molecule has 1 saturated heterocycles. The number of hydrogen-bond acceptors (Lipinski definition) is 1. The Hall–Kier alpha value is -0.0400. The minimum Gasteiger partial charge on any atom is -0.301 e. The molecule has 1 heteroatoms. The van der Waals surface area contributed by atoms with E-state index in [4.69, 9.17) is 0 Å². The van der Waals surface area contributed by atoms with Gasteiger partial charge in [-0.1, -0.05) is 41.0 Å². The van der Waals surface area contributed by atoms with Gasteiger partial charge in [-0.3, -0.25) is 0 Å². The molecule has 1 heterocycles. The zero-order valence-electron chi connectivity index (χ0n) is 11.5. The molecule has 0 aliphatic carbocycles. The zero-order chi connectivity index (χ0) is 11.6. The summed E-state index contributed by atoms with van der Waals surface area (Å²) >= 11 is 0. The minimum absolute atomic E-state index is 0.536. The van der Waals surface area contributed by atoms with E-state index >= 15 is 0 Å². The van der Waals surface area contributed by atoms with Crippen LogP contribution < -0.4 is 0 Å². The number of hydrogen-bond donors (Lipinski definition) is 0. The second-order valence-electron chi connectivity index (χ2n) is 3.77. The largest absolute Gasteiger partial charge is 0.301 e. The predicted octanol–water partition coefficient (Wildman–Crippen LogP) is 4.32. The number of likely N-dealkylation sites (tertiary alicyclic amines) is 1. The van der Waals surface area contributed by atoms with Crippen LogP contribution in [0.5, 0.6) is 0 Å². The van der Waals surface area contributed by atoms with Crippen LogP contribution in [0.2, 0.25) is 0 Å². The van der Waals surface area contributed by atoms with E-state index in [1.54, 1.807) is 0 Å². The van der Waals surface area contributed by atoms with Gasteiger partial charge >= 0.3 is 0 Å². The third-order valence-electron chi connectivity index (χ3n) is 2.92. The molecule has 0 aromatic carbocycles. The fraction of sp³-hybridized carbons (Fsp3) is 1.00. The van der Waals surface area contributed by atoms with E-state index in [-0.39, 0.29) is 0 Å². The maximum Gasteiger partial charge on any atom is 0.0178 e. The Kier molecular flexibility index (Phi) is 11.1. The number of rotatable bonds is 2. The summed E-state index contributed by atoms with van der Waals surface area (Å²) in [7, 11) is 2.25. The molecule has 1 atom stereocenters. The Balaban J connectivity index is 0. The van der Waals surface area contributed by atoms with Gasteiger partial charge in [0.15, 0.2) is 0 Å². The first kappa shape index (κ1) is 16.4. The van der Waals surface area contributed by atoms with E-state index in [0.29, 0.717) is 5.54 Å². The van der Waals surface area contributed by atoms with Crippen LogP contribution in [0.3, 0.4) is 0 Å². The average Bonchev–Trinajstić information content (AvgIpc) is 2.54. The predicted molar refractivity (Wildman–Crippen MR) is 67.9 cm³/mol. The lowest BCUT2D eigenvalue weighted by atomic mass is 9.94. The van der Waals surface area contributed by atoms with Crippen molar-refractivity contribution in [3.05, 3.63) is 0 Å². The lowest BCUT2D eigenvalue weighted by Gasteiger charge is -2.31. The Morgan fingerprint density at radius 3 is 1.93 bits per heavy atom. The molecule has 0 bridgehead atoms. The molecule has 1 unspecified atom stereocenters. The molecular weight excluding hydrogens is 170 g/mol. The van der Waals surface area contributed by atoms with Gasteiger partial charge in [-0.25, -0.2) is 0 Å². The van der Waals surface area contributed by atoms with Crippen molar-refractivity contribution in [2.45, 2.75) is 72.8 Å². The summed E-state index contributed by atoms with van der Waals surface area (Å²) in [6.45, 7) is 14.0. The van der Waals surface area contributed by atoms with E-state index in [1.165, 1.54) is 32.2 Å². The molecule has 0 amide bonds. The van der Waals surface area contributed by atoms with Gasteiger partial charge in [0.05, 0.1) is 0 Å². The molecule has 0 spiro atoms. The molecule has 1 fully saturated rings. The first-order chi connectivity index (χ1) is 6.69. The summed E-state index contributed by atoms with van der Waals surface area (Å²) in [5, 5.41) is 0. The molecular formula is C13H31N. The average molecular weight is 201 g/mol. The first-order valence-corrected chi connectivity index (χ1v) is 6.40. The number of nitrogens with zero attached hydrogens (tertiary/aromatic N) is 1. The van der Waals surface area contributed by atoms with Gasteiger partial charge in [0.25, 0.3) is 0 Å². The third-order valence-corrected chi connectivity index (χ3v) is 2.92. The van der Waals surface area contributed by atoms with Crippen molar-refractivity contribution in [2.24, 2.45) is 0 Å². The van der Waals surface area contributed by atoms with E-state index in [2.05, 4.69) is 25.8 Å². The van der Waals surface area contributed by atoms with Gasteiger partial charge in [0, 0.05) is 5.54 Å². The summed E-state index contributed by atoms with van der Waals surface area (Å²) < 4.78 is 0. The highest BCUT2D eigenvalue weighted by Gasteiger charge is 2.32. The van der Waals surface area contributed by atoms with Crippen LogP contribution in [0.25, 0.3) is 0 Å². The zero-order valence-corrected chi connectivity index (χ0v) is 11.5. The summed E-state index contributed by atoms with van der Waals surface area (Å²) in [5.74, 6) is 0. The SMILES string of the molecule is CC.CC.CCCC1(C)CCCN1C. The van der Waals surface area contributed by atoms with Gasteiger partial charge in [-0.2, -0.15) is 0 Å². The highest BCUT2D eigenvalue weighted by molar-refractivity contribution is 4.89. The highest BCUT2D eigenvalue weighted by atomic mass is 15.2. The van der Waals surface area contributed by atoms with Crippen molar-refractivity contribution in [1.82, 2.24) is 4.90 Å². The van der Waals surface area contributed by atoms with Gasteiger partial charge in [0.2, 0.25) is 0 Å². The van der Waals surface area contributed by atoms with Gasteiger partial charge < -0.3 is 4.90 Å². The van der Waals surface area contributed by atoms with E-state index in [0.717, 1.165) is 0 Å². The van der Waals surface area contributed by atoms with E-state index < -0.39 is 0 Å². The maximum absolute atomic E-state index is 2.51. The second-order valence-corrected chi connectivity index (χ2v) is 3.77. The Morgan fingerprint density at radius 2 is 1.64 bits per heavy atom. The van der Waals surface area contributed by atoms with E-state index in [9.17, 15) is 0 Å². The maximum atomic E-state index is 2.51. The molecule has 1 rings (SSSR count). The van der Waals surface area contributed by atoms with Crippen LogP contribution in [0, 0.1) is 0 Å². The Bertz CT molecular complexity index is 112. The van der Waals surface area contributed by atoms with Gasteiger partial charge in [-0.15, -0.1) is 0 Å². The quantitative estimate of drug-likeness (QED) is 0.643. The first-order valence-electron chi connectivity index (χ1n) is 6.40. The summed E-state index contributed by atoms with van der Waals surface area (Å²) in [4.78, 5) is 2.51. The van der Waals surface area contributed by atoms with Crippen molar-refractivity contribution >= 4 is 0 Å². The monoisotopic (exact) mass is 201 g/mol. The van der Waals surface area contributed by atoms with E-state index in [1.807, 2.05) is 27.7 Å². The summed E-state index contributed by atoms with van der Waals surface area (Å²) in [5.41, 5.74) is 0.536. The minimum atomic E-state index is 0.536. The Labute approximate surface area is 91.9 Å². The summed E-state index contributed by atoms with van der Waals surface area (Å²) in [6.07, 6.45) is 5.48. The molecule has 14 heavy (non-hydrogen) atoms. The lowest BCUT2D eigenvalue weighted by molar-refractivity contribution is 0.181. The molecule has 88 valence electrons. The Morgan fingerprint density at radius 1 is 1.14 bits per heavy atom. The fourth-order valence-corrected chi connectivity index (χ4v) is 2.01. The molecule has 0 N–H and O–H groups in total. The molecule has 1 aliphatic rings. The van der Waals surface area contributed by atoms with Crippen LogP contribution in [0.1, 0.15) is 67.2 Å². The van der Waals surface area contributed by atoms with Crippen molar-refractivity contribution < 1.29 is 0 Å². The fourth-order valence-electron chi connectivity index (χ4n) is 2.01. The second kappa shape index (κ2) is 9.51. The third kappa shape index (κ3) is 4.99. The standard InChI is InChI=1S/C9H19N.2C2H6/c1-4-6-9(2)7-5-8-10(9)3;2*1-2/h4-8H2,1-3H3;2*1-2H3. The van der Waals surface area contributed by atoms with Gasteiger partial charge in [-0.05, 0) is 39.8 Å². The molecule has 1 aliphatic heterocycles. The van der Waals surface area contributed by atoms with Gasteiger partial charge in [0.1, 0.15) is 0 Å². The smallest absolute Gasteiger partial charge is 0.0178 e. The molecule has 0 aromatic heterocycles. The van der Waals surface area contributed by atoms with Crippen molar-refractivity contribution in [1.29, 1.82) is 0 Å².